The minimum atomic E-state index is -1.99. The topological polar surface area (TPSA) is 35.8 Å². The largest absolute Gasteiger partial charge is 0.507 e. The molecular weight excluding hydrogens is 471 g/mol. The fraction of sp³-hybridized carbons (Fsp3) is 0.242. The van der Waals surface area contributed by atoms with Crippen LogP contribution in [0, 0.1) is 0 Å². The predicted molar refractivity (Wildman–Crippen MR) is 160 cm³/mol. The first-order valence-corrected chi connectivity index (χ1v) is 15.3. The number of benzene rings is 4. The monoisotopic (exact) mass is 507 g/mol. The van der Waals surface area contributed by atoms with Crippen LogP contribution in [-0.4, -0.2) is 42.4 Å². The highest BCUT2D eigenvalue weighted by Gasteiger charge is 2.45. The fourth-order valence-corrected chi connectivity index (χ4v) is 9.62. The van der Waals surface area contributed by atoms with Crippen molar-refractivity contribution < 1.29 is 5.11 Å². The smallest absolute Gasteiger partial charge is 0.124 e. The summed E-state index contributed by atoms with van der Waals surface area (Å²) in [7, 11) is -1.99. The van der Waals surface area contributed by atoms with Crippen LogP contribution >= 0.6 is 7.26 Å². The van der Waals surface area contributed by atoms with Crippen molar-refractivity contribution >= 4 is 29.4 Å². The lowest BCUT2D eigenvalue weighted by atomic mass is 10.1. The number of piperidine rings is 1. The van der Waals surface area contributed by atoms with Crippen molar-refractivity contribution in [2.45, 2.75) is 25.4 Å². The molecule has 5 rings (SSSR count). The Morgan fingerprint density at radius 2 is 1.24 bits per heavy atom. The first-order chi connectivity index (χ1) is 18.3. The van der Waals surface area contributed by atoms with E-state index < -0.39 is 7.26 Å². The maximum absolute atomic E-state index is 10.6. The van der Waals surface area contributed by atoms with Gasteiger partial charge < -0.3 is 10.0 Å². The summed E-state index contributed by atoms with van der Waals surface area (Å²) in [5.41, 5.74) is 2.00. The van der Waals surface area contributed by atoms with Gasteiger partial charge >= 0.3 is 0 Å². The van der Waals surface area contributed by atoms with E-state index in [1.807, 2.05) is 12.3 Å². The molecule has 37 heavy (non-hydrogen) atoms. The summed E-state index contributed by atoms with van der Waals surface area (Å²) in [6.45, 7) is 4.11. The summed E-state index contributed by atoms with van der Waals surface area (Å²) >= 11 is 0. The van der Waals surface area contributed by atoms with Crippen LogP contribution in [0.25, 0.3) is 0 Å². The van der Waals surface area contributed by atoms with Gasteiger partial charge in [-0.1, -0.05) is 67.1 Å². The Bertz CT molecular complexity index is 1190. The highest BCUT2D eigenvalue weighted by molar-refractivity contribution is 7.95. The third-order valence-electron chi connectivity index (χ3n) is 7.33. The second-order valence-electron chi connectivity index (χ2n) is 9.81. The molecule has 4 aromatic carbocycles. The molecule has 1 N–H and O–H groups in total. The van der Waals surface area contributed by atoms with E-state index in [1.165, 1.54) is 53.8 Å². The molecule has 0 spiro atoms. The number of aromatic hydroxyl groups is 1. The molecule has 4 aromatic rings. The lowest BCUT2D eigenvalue weighted by molar-refractivity contribution is 0.235. The zero-order chi connectivity index (χ0) is 25.3. The first-order valence-electron chi connectivity index (χ1n) is 13.3. The molecule has 1 heterocycles. The van der Waals surface area contributed by atoms with Crippen LogP contribution < -0.4 is 15.9 Å². The molecule has 188 valence electrons. The summed E-state index contributed by atoms with van der Waals surface area (Å²) in [6, 6.07) is 38.8. The Kier molecular flexibility index (Phi) is 8.46. The molecule has 3 nitrogen and oxygen atoms in total. The van der Waals surface area contributed by atoms with E-state index in [-0.39, 0.29) is 5.75 Å². The van der Waals surface area contributed by atoms with Gasteiger partial charge in [0.25, 0.3) is 0 Å². The van der Waals surface area contributed by atoms with E-state index in [1.54, 1.807) is 0 Å². The molecule has 1 aliphatic heterocycles. The molecule has 0 aromatic heterocycles. The quantitative estimate of drug-likeness (QED) is 0.230. The normalized spacial score (nSPS) is 14.7. The molecule has 0 bridgehead atoms. The Morgan fingerprint density at radius 3 is 1.78 bits per heavy atom. The van der Waals surface area contributed by atoms with Crippen LogP contribution in [0.1, 0.15) is 30.4 Å². The van der Waals surface area contributed by atoms with Gasteiger partial charge in [0.1, 0.15) is 28.9 Å². The number of phenolic OH excluding ortho intramolecular Hbond substituents is 1. The lowest BCUT2D eigenvalue weighted by Gasteiger charge is -2.28. The maximum atomic E-state index is 10.6. The second-order valence-corrected chi connectivity index (χ2v) is 13.3. The summed E-state index contributed by atoms with van der Waals surface area (Å²) in [4.78, 5) is 7.19. The molecule has 1 aliphatic rings. The van der Waals surface area contributed by atoms with Gasteiger partial charge in [-0.2, -0.15) is 0 Å². The minimum absolute atomic E-state index is 0.286. The lowest BCUT2D eigenvalue weighted by Crippen LogP contribution is -2.32. The zero-order valence-electron chi connectivity index (χ0n) is 21.4. The van der Waals surface area contributed by atoms with Gasteiger partial charge in [-0.25, -0.2) is 0 Å². The van der Waals surface area contributed by atoms with Crippen LogP contribution in [0.3, 0.4) is 0 Å². The number of likely N-dealkylation sites (tertiary alicyclic amines) is 1. The fourth-order valence-electron chi connectivity index (χ4n) is 5.39. The number of hydrogen-bond acceptors (Lipinski definition) is 3. The molecule has 4 heteroatoms. The van der Waals surface area contributed by atoms with Crippen LogP contribution in [0.5, 0.6) is 5.75 Å². The van der Waals surface area contributed by atoms with Crippen LogP contribution in [0.2, 0.25) is 0 Å². The van der Waals surface area contributed by atoms with E-state index >= 15 is 0 Å². The highest BCUT2D eigenvalue weighted by atomic mass is 31.2. The standard InChI is InChI=1S/C33H35N2OP/c36-33-20-19-28(25-29(33)26-34-21-24-35-22-11-4-12-23-35)27-37(30-13-5-1-6-14-30,31-15-7-2-8-16-31)32-17-9-3-10-18-32/h1-3,5-10,13-20,25-26H,4,11-12,21-24,27H2/p+1. The Morgan fingerprint density at radius 1 is 0.703 bits per heavy atom. The van der Waals surface area contributed by atoms with Gasteiger partial charge in [-0.3, -0.25) is 4.99 Å². The minimum Gasteiger partial charge on any atom is -0.507 e. The van der Waals surface area contributed by atoms with Gasteiger partial charge in [0.15, 0.2) is 0 Å². The molecule has 0 atom stereocenters. The molecule has 0 radical (unpaired) electrons. The number of rotatable bonds is 9. The summed E-state index contributed by atoms with van der Waals surface area (Å²) in [6.07, 6.45) is 6.67. The third-order valence-corrected chi connectivity index (χ3v) is 11.7. The summed E-state index contributed by atoms with van der Waals surface area (Å²) < 4.78 is 0. The molecular formula is C33H36N2OP+. The Labute approximate surface area is 221 Å². The molecule has 1 fully saturated rings. The second kappa shape index (κ2) is 12.3. The zero-order valence-corrected chi connectivity index (χ0v) is 22.3. The molecule has 0 unspecified atom stereocenters. The summed E-state index contributed by atoms with van der Waals surface area (Å²) in [5, 5.41) is 14.7. The van der Waals surface area contributed by atoms with Crippen molar-refractivity contribution in [3.8, 4) is 5.75 Å². The first kappa shape index (κ1) is 25.4. The molecule has 0 amide bonds. The van der Waals surface area contributed by atoms with Gasteiger partial charge in [0.2, 0.25) is 0 Å². The Hall–Kier alpha value is -3.26. The van der Waals surface area contributed by atoms with Crippen LogP contribution in [0.15, 0.2) is 114 Å². The van der Waals surface area contributed by atoms with E-state index in [4.69, 9.17) is 4.99 Å². The van der Waals surface area contributed by atoms with Crippen molar-refractivity contribution in [2.24, 2.45) is 4.99 Å². The van der Waals surface area contributed by atoms with Crippen molar-refractivity contribution in [1.82, 2.24) is 4.90 Å². The highest BCUT2D eigenvalue weighted by Crippen LogP contribution is 2.58. The molecule has 0 aliphatic carbocycles. The van der Waals surface area contributed by atoms with E-state index in [0.29, 0.717) is 0 Å². The van der Waals surface area contributed by atoms with Crippen molar-refractivity contribution in [2.75, 3.05) is 26.2 Å². The maximum Gasteiger partial charge on any atom is 0.124 e. The molecule has 1 saturated heterocycles. The average molecular weight is 508 g/mol. The number of aliphatic imine (C=N–C) groups is 1. The Balaban J connectivity index is 1.49. The van der Waals surface area contributed by atoms with Crippen LogP contribution in [-0.2, 0) is 6.16 Å². The van der Waals surface area contributed by atoms with Gasteiger partial charge in [-0.15, -0.1) is 0 Å². The summed E-state index contributed by atoms with van der Waals surface area (Å²) in [5.74, 6) is 0.286. The SMILES string of the molecule is Oc1ccc(C[P+](c2ccccc2)(c2ccccc2)c2ccccc2)cc1C=NCCN1CCCCC1. The number of phenols is 1. The van der Waals surface area contributed by atoms with E-state index in [9.17, 15) is 5.11 Å². The number of hydrogen-bond donors (Lipinski definition) is 1. The average Bonchev–Trinajstić information content (AvgIpc) is 2.97. The third kappa shape index (κ3) is 6.01. The van der Waals surface area contributed by atoms with Crippen LogP contribution in [0.4, 0.5) is 0 Å². The van der Waals surface area contributed by atoms with Gasteiger partial charge in [0.05, 0.1) is 12.7 Å². The molecule has 0 saturated carbocycles. The van der Waals surface area contributed by atoms with Gasteiger partial charge in [-0.05, 0) is 80.0 Å². The van der Waals surface area contributed by atoms with E-state index in [2.05, 4.69) is 108 Å². The van der Waals surface area contributed by atoms with Crippen molar-refractivity contribution in [3.63, 3.8) is 0 Å². The van der Waals surface area contributed by atoms with Crippen molar-refractivity contribution in [3.05, 3.63) is 120 Å². The number of nitrogens with zero attached hydrogens (tertiary/aromatic N) is 2. The predicted octanol–water partition coefficient (Wildman–Crippen LogP) is 5.79. The van der Waals surface area contributed by atoms with Gasteiger partial charge in [0, 0.05) is 18.3 Å². The van der Waals surface area contributed by atoms with Crippen molar-refractivity contribution in [1.29, 1.82) is 0 Å². The van der Waals surface area contributed by atoms with E-state index in [0.717, 1.165) is 24.8 Å².